The van der Waals surface area contributed by atoms with E-state index >= 15 is 0 Å². The third-order valence-corrected chi connectivity index (χ3v) is 7.08. The van der Waals surface area contributed by atoms with E-state index in [0.717, 1.165) is 21.7 Å². The highest BCUT2D eigenvalue weighted by molar-refractivity contribution is 7.92. The SMILES string of the molecule is CC[C@H](C(=O)NC(C)(C)C)N(Cc1ccc(C)cc1)C(=O)CN(c1cccc(Cl)c1C)S(C)(=O)=O. The van der Waals surface area contributed by atoms with Crippen LogP contribution in [0.3, 0.4) is 0 Å². The highest BCUT2D eigenvalue weighted by atomic mass is 35.5. The standard InChI is InChI=1S/C26H36ClN3O4S/c1-8-22(25(32)28-26(4,5)6)29(16-20-14-12-18(2)13-15-20)24(31)17-30(35(7,33)34)23-11-9-10-21(27)19(23)3/h9-15,22H,8,16-17H2,1-7H3,(H,28,32)/t22-/m1/s1. The molecule has 0 radical (unpaired) electrons. The van der Waals surface area contributed by atoms with E-state index in [4.69, 9.17) is 11.6 Å². The quantitative estimate of drug-likeness (QED) is 0.528. The van der Waals surface area contributed by atoms with Gasteiger partial charge in [0.25, 0.3) is 0 Å². The van der Waals surface area contributed by atoms with Crippen molar-refractivity contribution < 1.29 is 18.0 Å². The summed E-state index contributed by atoms with van der Waals surface area (Å²) in [5.41, 5.74) is 2.31. The molecule has 0 fully saturated rings. The maximum atomic E-state index is 13.7. The summed E-state index contributed by atoms with van der Waals surface area (Å²) in [5, 5.41) is 3.35. The molecule has 2 rings (SSSR count). The van der Waals surface area contributed by atoms with Gasteiger partial charge in [-0.25, -0.2) is 8.42 Å². The number of aryl methyl sites for hydroxylation is 1. The van der Waals surface area contributed by atoms with Gasteiger partial charge in [-0.15, -0.1) is 0 Å². The van der Waals surface area contributed by atoms with Gasteiger partial charge in [0.2, 0.25) is 21.8 Å². The van der Waals surface area contributed by atoms with Crippen molar-refractivity contribution in [3.63, 3.8) is 0 Å². The van der Waals surface area contributed by atoms with Gasteiger partial charge >= 0.3 is 0 Å². The Kier molecular flexibility index (Phi) is 9.36. The Morgan fingerprint density at radius 2 is 1.66 bits per heavy atom. The third-order valence-electron chi connectivity index (χ3n) is 5.54. The van der Waals surface area contributed by atoms with Crippen molar-refractivity contribution in [1.29, 1.82) is 0 Å². The van der Waals surface area contributed by atoms with Gasteiger partial charge in [0.1, 0.15) is 12.6 Å². The Balaban J connectivity index is 2.49. The van der Waals surface area contributed by atoms with Gasteiger partial charge < -0.3 is 10.2 Å². The molecule has 0 aliphatic carbocycles. The van der Waals surface area contributed by atoms with Gasteiger partial charge in [-0.2, -0.15) is 0 Å². The zero-order valence-corrected chi connectivity index (χ0v) is 23.1. The molecule has 2 aromatic rings. The summed E-state index contributed by atoms with van der Waals surface area (Å²) in [4.78, 5) is 28.4. The molecule has 0 unspecified atom stereocenters. The molecule has 1 N–H and O–H groups in total. The first-order valence-corrected chi connectivity index (χ1v) is 13.8. The van der Waals surface area contributed by atoms with Gasteiger partial charge in [-0.3, -0.25) is 13.9 Å². The predicted octanol–water partition coefficient (Wildman–Crippen LogP) is 4.44. The van der Waals surface area contributed by atoms with Crippen molar-refractivity contribution in [2.75, 3.05) is 17.1 Å². The van der Waals surface area contributed by atoms with Crippen LogP contribution in [0.2, 0.25) is 5.02 Å². The van der Waals surface area contributed by atoms with E-state index in [1.807, 2.05) is 58.9 Å². The molecule has 1 atom stereocenters. The van der Waals surface area contributed by atoms with Crippen molar-refractivity contribution in [3.8, 4) is 0 Å². The van der Waals surface area contributed by atoms with Gasteiger partial charge in [0.05, 0.1) is 11.9 Å². The molecule has 7 nitrogen and oxygen atoms in total. The second-order valence-corrected chi connectivity index (χ2v) is 12.1. The van der Waals surface area contributed by atoms with E-state index in [2.05, 4.69) is 5.32 Å². The van der Waals surface area contributed by atoms with Crippen molar-refractivity contribution >= 4 is 39.1 Å². The maximum absolute atomic E-state index is 13.7. The van der Waals surface area contributed by atoms with E-state index < -0.39 is 34.1 Å². The van der Waals surface area contributed by atoms with Crippen LogP contribution < -0.4 is 9.62 Å². The fourth-order valence-electron chi connectivity index (χ4n) is 3.72. The van der Waals surface area contributed by atoms with Crippen molar-refractivity contribution in [2.45, 2.75) is 66.1 Å². The fourth-order valence-corrected chi connectivity index (χ4v) is 4.79. The minimum Gasteiger partial charge on any atom is -0.350 e. The summed E-state index contributed by atoms with van der Waals surface area (Å²) < 4.78 is 26.5. The predicted molar refractivity (Wildman–Crippen MR) is 142 cm³/mol. The molecule has 0 saturated heterocycles. The monoisotopic (exact) mass is 521 g/mol. The lowest BCUT2D eigenvalue weighted by Crippen LogP contribution is -2.55. The Labute approximate surface area is 214 Å². The lowest BCUT2D eigenvalue weighted by molar-refractivity contribution is -0.141. The lowest BCUT2D eigenvalue weighted by Gasteiger charge is -2.34. The average Bonchev–Trinajstić information content (AvgIpc) is 2.73. The van der Waals surface area contributed by atoms with Crippen molar-refractivity contribution in [1.82, 2.24) is 10.2 Å². The first-order chi connectivity index (χ1) is 16.1. The van der Waals surface area contributed by atoms with E-state index in [1.165, 1.54) is 4.90 Å². The second-order valence-electron chi connectivity index (χ2n) is 9.82. The van der Waals surface area contributed by atoms with E-state index in [9.17, 15) is 18.0 Å². The Morgan fingerprint density at radius 3 is 2.17 bits per heavy atom. The molecule has 0 aliphatic heterocycles. The molecule has 35 heavy (non-hydrogen) atoms. The third kappa shape index (κ3) is 7.97. The van der Waals surface area contributed by atoms with E-state index in [-0.39, 0.29) is 12.5 Å². The number of nitrogens with one attached hydrogen (secondary N) is 1. The van der Waals surface area contributed by atoms with Crippen LogP contribution >= 0.6 is 11.6 Å². The van der Waals surface area contributed by atoms with Gasteiger partial charge in [0.15, 0.2) is 0 Å². The van der Waals surface area contributed by atoms with Crippen LogP contribution in [0.5, 0.6) is 0 Å². The number of hydrogen-bond donors (Lipinski definition) is 1. The number of rotatable bonds is 9. The Bertz CT molecular complexity index is 1160. The second kappa shape index (κ2) is 11.4. The van der Waals surface area contributed by atoms with Crippen molar-refractivity contribution in [3.05, 3.63) is 64.2 Å². The van der Waals surface area contributed by atoms with Gasteiger partial charge in [-0.05, 0) is 64.3 Å². The highest BCUT2D eigenvalue weighted by Crippen LogP contribution is 2.28. The Hall–Kier alpha value is -2.58. The number of hydrogen-bond acceptors (Lipinski definition) is 4. The Morgan fingerprint density at radius 1 is 1.06 bits per heavy atom. The molecular formula is C26H36ClN3O4S. The molecule has 0 bridgehead atoms. The molecule has 0 saturated carbocycles. The average molecular weight is 522 g/mol. The molecule has 0 aromatic heterocycles. The topological polar surface area (TPSA) is 86.8 Å². The molecule has 0 aliphatic rings. The molecule has 2 aromatic carbocycles. The number of nitrogens with zero attached hydrogens (tertiary/aromatic N) is 2. The molecule has 0 heterocycles. The van der Waals surface area contributed by atoms with Crippen LogP contribution in [0.4, 0.5) is 5.69 Å². The molecule has 192 valence electrons. The number of carbonyl (C=O) groups excluding carboxylic acids is 2. The summed E-state index contributed by atoms with van der Waals surface area (Å²) >= 11 is 6.23. The largest absolute Gasteiger partial charge is 0.350 e. The van der Waals surface area contributed by atoms with Crippen LogP contribution in [-0.4, -0.2) is 49.5 Å². The number of amides is 2. The number of halogens is 1. The molecular weight excluding hydrogens is 486 g/mol. The zero-order valence-electron chi connectivity index (χ0n) is 21.6. The first kappa shape index (κ1) is 28.7. The normalized spacial score (nSPS) is 12.7. The van der Waals surface area contributed by atoms with Crippen LogP contribution in [-0.2, 0) is 26.2 Å². The minimum absolute atomic E-state index is 0.168. The smallest absolute Gasteiger partial charge is 0.244 e. The molecule has 9 heteroatoms. The molecule has 2 amide bonds. The summed E-state index contributed by atoms with van der Waals surface area (Å²) in [6.45, 7) is 10.8. The number of benzene rings is 2. The number of carbonyl (C=O) groups is 2. The summed E-state index contributed by atoms with van der Waals surface area (Å²) in [6, 6.07) is 11.8. The van der Waals surface area contributed by atoms with Crippen LogP contribution in [0, 0.1) is 13.8 Å². The van der Waals surface area contributed by atoms with Gasteiger partial charge in [-0.1, -0.05) is 54.4 Å². The van der Waals surface area contributed by atoms with Gasteiger partial charge in [0, 0.05) is 17.1 Å². The number of anilines is 1. The highest BCUT2D eigenvalue weighted by Gasteiger charge is 2.33. The van der Waals surface area contributed by atoms with E-state index in [0.29, 0.717) is 22.7 Å². The van der Waals surface area contributed by atoms with Crippen LogP contribution in [0.25, 0.3) is 0 Å². The zero-order chi connectivity index (χ0) is 26.6. The van der Waals surface area contributed by atoms with Crippen LogP contribution in [0.1, 0.15) is 50.8 Å². The van der Waals surface area contributed by atoms with Crippen molar-refractivity contribution in [2.24, 2.45) is 0 Å². The maximum Gasteiger partial charge on any atom is 0.244 e. The fraction of sp³-hybridized carbons (Fsp3) is 0.462. The summed E-state index contributed by atoms with van der Waals surface area (Å²) in [5.74, 6) is -0.767. The summed E-state index contributed by atoms with van der Waals surface area (Å²) in [6.07, 6.45) is 1.42. The summed E-state index contributed by atoms with van der Waals surface area (Å²) in [7, 11) is -3.82. The van der Waals surface area contributed by atoms with Crippen LogP contribution in [0.15, 0.2) is 42.5 Å². The van der Waals surface area contributed by atoms with E-state index in [1.54, 1.807) is 25.1 Å². The minimum atomic E-state index is -3.82. The lowest BCUT2D eigenvalue weighted by atomic mass is 10.1. The number of sulfonamides is 1. The molecule has 0 spiro atoms. The first-order valence-electron chi connectivity index (χ1n) is 11.5.